The molecule has 0 radical (unpaired) electrons. The summed E-state index contributed by atoms with van der Waals surface area (Å²) >= 11 is 5.87. The fourth-order valence-corrected chi connectivity index (χ4v) is 1.97. The molecule has 1 heterocycles. The Hall–Kier alpha value is -2.11. The van der Waals surface area contributed by atoms with Gasteiger partial charge in [-0.3, -0.25) is 4.79 Å². The molecule has 1 atom stereocenters. The van der Waals surface area contributed by atoms with Gasteiger partial charge in [-0.25, -0.2) is 4.98 Å². The molecule has 0 aliphatic rings. The van der Waals surface area contributed by atoms with Crippen LogP contribution >= 0.6 is 11.6 Å². The van der Waals surface area contributed by atoms with Crippen molar-refractivity contribution < 1.29 is 9.90 Å². The van der Waals surface area contributed by atoms with E-state index in [1.165, 1.54) is 12.3 Å². The highest BCUT2D eigenvalue weighted by Gasteiger charge is 2.17. The maximum Gasteiger partial charge on any atom is 0.255 e. The van der Waals surface area contributed by atoms with Crippen LogP contribution < -0.4 is 11.1 Å². The number of nitrogen functional groups attached to an aromatic ring is 1. The molecule has 0 spiro atoms. The number of aliphatic hydroxyl groups excluding tert-OH is 1. The van der Waals surface area contributed by atoms with Crippen molar-refractivity contribution in [3.05, 3.63) is 58.9 Å². The van der Waals surface area contributed by atoms with E-state index >= 15 is 0 Å². The van der Waals surface area contributed by atoms with Gasteiger partial charge in [0.2, 0.25) is 0 Å². The van der Waals surface area contributed by atoms with E-state index in [1.807, 2.05) is 30.3 Å². The molecule has 104 valence electrons. The summed E-state index contributed by atoms with van der Waals surface area (Å²) in [5.74, 6) is -0.433. The van der Waals surface area contributed by atoms with Crippen molar-refractivity contribution in [2.24, 2.45) is 0 Å². The Morgan fingerprint density at radius 1 is 1.40 bits per heavy atom. The van der Waals surface area contributed by atoms with E-state index in [4.69, 9.17) is 17.3 Å². The molecule has 0 saturated heterocycles. The molecule has 1 aromatic heterocycles. The minimum Gasteiger partial charge on any atom is -0.397 e. The Morgan fingerprint density at radius 2 is 2.10 bits per heavy atom. The normalized spacial score (nSPS) is 11.9. The highest BCUT2D eigenvalue weighted by molar-refractivity contribution is 6.32. The molecule has 0 saturated carbocycles. The van der Waals surface area contributed by atoms with Gasteiger partial charge in [-0.1, -0.05) is 41.9 Å². The Labute approximate surface area is 121 Å². The summed E-state index contributed by atoms with van der Waals surface area (Å²) in [5, 5.41) is 12.2. The highest BCUT2D eigenvalue weighted by Crippen LogP contribution is 2.18. The standard InChI is InChI=1S/C14H14ClN3O2/c15-13-11(6-10(16)7-17-13)14(20)18-12(8-19)9-4-2-1-3-5-9/h1-7,12,19H,8,16H2,(H,18,20)/t12-/m1/s1. The van der Waals surface area contributed by atoms with Crippen molar-refractivity contribution in [1.82, 2.24) is 10.3 Å². The van der Waals surface area contributed by atoms with Gasteiger partial charge >= 0.3 is 0 Å². The van der Waals surface area contributed by atoms with Crippen molar-refractivity contribution >= 4 is 23.2 Å². The quantitative estimate of drug-likeness (QED) is 0.749. The third kappa shape index (κ3) is 3.26. The van der Waals surface area contributed by atoms with Crippen molar-refractivity contribution in [3.8, 4) is 0 Å². The number of carbonyl (C=O) groups excluding carboxylic acids is 1. The van der Waals surface area contributed by atoms with Crippen LogP contribution in [0.2, 0.25) is 5.15 Å². The molecule has 1 amide bonds. The van der Waals surface area contributed by atoms with Gasteiger partial charge in [0.25, 0.3) is 5.91 Å². The molecular formula is C14H14ClN3O2. The van der Waals surface area contributed by atoms with Gasteiger partial charge in [-0.2, -0.15) is 0 Å². The van der Waals surface area contributed by atoms with Crippen LogP contribution in [0.1, 0.15) is 22.0 Å². The van der Waals surface area contributed by atoms with Crippen molar-refractivity contribution in [2.75, 3.05) is 12.3 Å². The van der Waals surface area contributed by atoms with Crippen LogP contribution in [-0.2, 0) is 0 Å². The second kappa shape index (κ2) is 6.36. The number of hydrogen-bond acceptors (Lipinski definition) is 4. The molecule has 5 nitrogen and oxygen atoms in total. The van der Waals surface area contributed by atoms with Gasteiger partial charge in [0.15, 0.2) is 0 Å². The van der Waals surface area contributed by atoms with Gasteiger partial charge < -0.3 is 16.2 Å². The zero-order valence-corrected chi connectivity index (χ0v) is 11.3. The number of amides is 1. The Bertz CT molecular complexity index is 605. The van der Waals surface area contributed by atoms with E-state index in [9.17, 15) is 9.90 Å². The van der Waals surface area contributed by atoms with E-state index in [0.29, 0.717) is 5.69 Å². The lowest BCUT2D eigenvalue weighted by atomic mass is 10.1. The summed E-state index contributed by atoms with van der Waals surface area (Å²) in [7, 11) is 0. The number of hydrogen-bond donors (Lipinski definition) is 3. The van der Waals surface area contributed by atoms with Crippen molar-refractivity contribution in [1.29, 1.82) is 0 Å². The number of nitrogens with zero attached hydrogens (tertiary/aromatic N) is 1. The fourth-order valence-electron chi connectivity index (χ4n) is 1.78. The van der Waals surface area contributed by atoms with Crippen LogP contribution in [0.4, 0.5) is 5.69 Å². The lowest BCUT2D eigenvalue weighted by molar-refractivity contribution is 0.0916. The molecule has 0 aliphatic carbocycles. The molecule has 6 heteroatoms. The van der Waals surface area contributed by atoms with E-state index in [-0.39, 0.29) is 17.3 Å². The predicted molar refractivity (Wildman–Crippen MR) is 77.4 cm³/mol. The summed E-state index contributed by atoms with van der Waals surface area (Å²) in [6.07, 6.45) is 1.37. The predicted octanol–water partition coefficient (Wildman–Crippen LogP) is 1.78. The average Bonchev–Trinajstić information content (AvgIpc) is 2.48. The van der Waals surface area contributed by atoms with E-state index < -0.39 is 11.9 Å². The van der Waals surface area contributed by atoms with Crippen molar-refractivity contribution in [2.45, 2.75) is 6.04 Å². The minimum atomic E-state index is -0.513. The molecule has 0 aliphatic heterocycles. The van der Waals surface area contributed by atoms with Crippen LogP contribution in [0.3, 0.4) is 0 Å². The van der Waals surface area contributed by atoms with Crippen LogP contribution in [-0.4, -0.2) is 22.6 Å². The molecule has 0 unspecified atom stereocenters. The number of nitrogens with one attached hydrogen (secondary N) is 1. The lowest BCUT2D eigenvalue weighted by Gasteiger charge is -2.17. The monoisotopic (exact) mass is 291 g/mol. The molecule has 2 rings (SSSR count). The Balaban J connectivity index is 2.20. The molecule has 0 fully saturated rings. The third-order valence-electron chi connectivity index (χ3n) is 2.79. The SMILES string of the molecule is Nc1cnc(Cl)c(C(=O)N[C@H](CO)c2ccccc2)c1. The molecular weight excluding hydrogens is 278 g/mol. The second-order valence-corrected chi connectivity index (χ2v) is 4.58. The number of benzene rings is 1. The number of nitrogens with two attached hydrogens (primary N) is 1. The maximum atomic E-state index is 12.2. The lowest BCUT2D eigenvalue weighted by Crippen LogP contribution is -2.31. The zero-order chi connectivity index (χ0) is 14.5. The van der Waals surface area contributed by atoms with Crippen LogP contribution in [0.15, 0.2) is 42.6 Å². The summed E-state index contributed by atoms with van der Waals surface area (Å²) in [6, 6.07) is 10.1. The number of anilines is 1. The number of pyridine rings is 1. The first kappa shape index (κ1) is 14.3. The first-order valence-corrected chi connectivity index (χ1v) is 6.37. The smallest absolute Gasteiger partial charge is 0.255 e. The average molecular weight is 292 g/mol. The van der Waals surface area contributed by atoms with E-state index in [0.717, 1.165) is 5.56 Å². The summed E-state index contributed by atoms with van der Waals surface area (Å²) in [6.45, 7) is -0.219. The number of aliphatic hydroxyl groups is 1. The topological polar surface area (TPSA) is 88.2 Å². The summed E-state index contributed by atoms with van der Waals surface area (Å²) in [5.41, 5.74) is 6.92. The van der Waals surface area contributed by atoms with Gasteiger partial charge in [0.05, 0.1) is 30.1 Å². The van der Waals surface area contributed by atoms with Gasteiger partial charge in [0.1, 0.15) is 5.15 Å². The first-order chi connectivity index (χ1) is 9.61. The fraction of sp³-hybridized carbons (Fsp3) is 0.143. The summed E-state index contributed by atoms with van der Waals surface area (Å²) < 4.78 is 0. The maximum absolute atomic E-state index is 12.2. The number of rotatable bonds is 4. The third-order valence-corrected chi connectivity index (χ3v) is 3.10. The van der Waals surface area contributed by atoms with Crippen LogP contribution in [0, 0.1) is 0 Å². The van der Waals surface area contributed by atoms with E-state index in [2.05, 4.69) is 10.3 Å². The van der Waals surface area contributed by atoms with Gasteiger partial charge in [0, 0.05) is 0 Å². The Kier molecular flexibility index (Phi) is 4.55. The Morgan fingerprint density at radius 3 is 2.75 bits per heavy atom. The van der Waals surface area contributed by atoms with Gasteiger partial charge in [-0.05, 0) is 11.6 Å². The van der Waals surface area contributed by atoms with Crippen LogP contribution in [0.5, 0.6) is 0 Å². The summed E-state index contributed by atoms with van der Waals surface area (Å²) in [4.78, 5) is 16.0. The molecule has 4 N–H and O–H groups in total. The molecule has 0 bridgehead atoms. The van der Waals surface area contributed by atoms with Crippen LogP contribution in [0.25, 0.3) is 0 Å². The van der Waals surface area contributed by atoms with Gasteiger partial charge in [-0.15, -0.1) is 0 Å². The molecule has 2 aromatic rings. The van der Waals surface area contributed by atoms with E-state index in [1.54, 1.807) is 0 Å². The highest BCUT2D eigenvalue weighted by atomic mass is 35.5. The first-order valence-electron chi connectivity index (χ1n) is 5.99. The van der Waals surface area contributed by atoms with Crippen molar-refractivity contribution in [3.63, 3.8) is 0 Å². The molecule has 20 heavy (non-hydrogen) atoms. The molecule has 1 aromatic carbocycles. The second-order valence-electron chi connectivity index (χ2n) is 4.23. The zero-order valence-electron chi connectivity index (χ0n) is 10.6. The minimum absolute atomic E-state index is 0.0708. The number of halogens is 1. The number of aromatic nitrogens is 1. The number of carbonyl (C=O) groups is 1. The largest absolute Gasteiger partial charge is 0.397 e.